The second-order valence-corrected chi connectivity index (χ2v) is 6.87. The molecular formula is C21H20N2OS. The maximum atomic E-state index is 12.3. The maximum Gasteiger partial charge on any atom is 0.271 e. The van der Waals surface area contributed by atoms with E-state index in [0.29, 0.717) is 5.56 Å². The lowest BCUT2D eigenvalue weighted by atomic mass is 10.0. The number of benzene rings is 2. The number of nitrogens with zero attached hydrogens (tertiary/aromatic N) is 1. The molecule has 3 aromatic rings. The molecule has 0 atom stereocenters. The van der Waals surface area contributed by atoms with Gasteiger partial charge in [0.05, 0.1) is 10.6 Å². The number of aryl methyl sites for hydroxylation is 1. The molecule has 1 amide bonds. The second kappa shape index (κ2) is 7.90. The molecular weight excluding hydrogens is 328 g/mol. The minimum Gasteiger partial charge on any atom is -0.267 e. The van der Waals surface area contributed by atoms with Crippen LogP contribution in [0.3, 0.4) is 0 Å². The van der Waals surface area contributed by atoms with Crippen molar-refractivity contribution in [3.8, 4) is 11.1 Å². The van der Waals surface area contributed by atoms with Gasteiger partial charge in [-0.05, 0) is 48.7 Å². The predicted octanol–water partition coefficient (Wildman–Crippen LogP) is 5.13. The number of carbonyl (C=O) groups excluding carboxylic acids is 1. The van der Waals surface area contributed by atoms with Crippen molar-refractivity contribution in [3.63, 3.8) is 0 Å². The second-order valence-electron chi connectivity index (χ2n) is 5.70. The third-order valence-corrected chi connectivity index (χ3v) is 5.28. The van der Waals surface area contributed by atoms with Gasteiger partial charge in [-0.25, -0.2) is 5.43 Å². The lowest BCUT2D eigenvalue weighted by Crippen LogP contribution is -2.19. The largest absolute Gasteiger partial charge is 0.271 e. The molecule has 0 aliphatic rings. The van der Waals surface area contributed by atoms with Gasteiger partial charge in [-0.3, -0.25) is 4.79 Å². The van der Waals surface area contributed by atoms with Crippen LogP contribution < -0.4 is 5.43 Å². The average Bonchev–Trinajstić information content (AvgIpc) is 3.16. The van der Waals surface area contributed by atoms with Gasteiger partial charge >= 0.3 is 0 Å². The summed E-state index contributed by atoms with van der Waals surface area (Å²) in [5.74, 6) is -0.203. The Kier molecular flexibility index (Phi) is 5.41. The normalized spacial score (nSPS) is 11.4. The fraction of sp³-hybridized carbons (Fsp3) is 0.143. The fourth-order valence-electron chi connectivity index (χ4n) is 2.46. The number of amides is 1. The predicted molar refractivity (Wildman–Crippen MR) is 105 cm³/mol. The van der Waals surface area contributed by atoms with Gasteiger partial charge in [-0.2, -0.15) is 5.10 Å². The SMILES string of the molecule is CCc1ccc(/C(C)=N/NC(=O)c2ccc(-c3ccccc3)cc2)s1. The van der Waals surface area contributed by atoms with Crippen molar-refractivity contribution in [1.82, 2.24) is 5.43 Å². The average molecular weight is 348 g/mol. The number of nitrogens with one attached hydrogen (secondary N) is 1. The van der Waals surface area contributed by atoms with E-state index in [2.05, 4.69) is 23.5 Å². The Balaban J connectivity index is 1.68. The fourth-order valence-corrected chi connectivity index (χ4v) is 3.35. The number of hydrogen-bond donors (Lipinski definition) is 1. The molecule has 0 bridgehead atoms. The molecule has 0 aliphatic carbocycles. The number of hydrazone groups is 1. The van der Waals surface area contributed by atoms with E-state index < -0.39 is 0 Å². The molecule has 3 rings (SSSR count). The summed E-state index contributed by atoms with van der Waals surface area (Å²) in [5.41, 5.74) is 6.27. The van der Waals surface area contributed by atoms with Crippen LogP contribution in [0.5, 0.6) is 0 Å². The topological polar surface area (TPSA) is 41.5 Å². The summed E-state index contributed by atoms with van der Waals surface area (Å²) in [4.78, 5) is 14.7. The van der Waals surface area contributed by atoms with Crippen LogP contribution in [0.1, 0.15) is 34.0 Å². The lowest BCUT2D eigenvalue weighted by molar-refractivity contribution is 0.0955. The van der Waals surface area contributed by atoms with Crippen LogP contribution in [0.2, 0.25) is 0 Å². The first-order valence-corrected chi connectivity index (χ1v) is 9.08. The third-order valence-electron chi connectivity index (χ3n) is 3.95. The zero-order valence-corrected chi connectivity index (χ0v) is 15.1. The van der Waals surface area contributed by atoms with Gasteiger partial charge in [0.1, 0.15) is 0 Å². The molecule has 0 unspecified atom stereocenters. The smallest absolute Gasteiger partial charge is 0.267 e. The number of carbonyl (C=O) groups is 1. The summed E-state index contributed by atoms with van der Waals surface area (Å²) >= 11 is 1.71. The molecule has 2 aromatic carbocycles. The van der Waals surface area contributed by atoms with E-state index >= 15 is 0 Å². The van der Waals surface area contributed by atoms with Crippen molar-refractivity contribution in [2.75, 3.05) is 0 Å². The van der Waals surface area contributed by atoms with Gasteiger partial charge in [-0.15, -0.1) is 11.3 Å². The van der Waals surface area contributed by atoms with Crippen molar-refractivity contribution < 1.29 is 4.79 Å². The van der Waals surface area contributed by atoms with Gasteiger partial charge in [0.15, 0.2) is 0 Å². The Morgan fingerprint density at radius 3 is 2.28 bits per heavy atom. The maximum absolute atomic E-state index is 12.3. The molecule has 0 spiro atoms. The summed E-state index contributed by atoms with van der Waals surface area (Å²) in [6.07, 6.45) is 1.01. The van der Waals surface area contributed by atoms with E-state index in [1.807, 2.05) is 67.6 Å². The summed E-state index contributed by atoms with van der Waals surface area (Å²) in [5, 5.41) is 4.23. The number of hydrogen-bond acceptors (Lipinski definition) is 3. The van der Waals surface area contributed by atoms with Crippen molar-refractivity contribution in [3.05, 3.63) is 82.0 Å². The van der Waals surface area contributed by atoms with Crippen molar-refractivity contribution in [1.29, 1.82) is 0 Å². The zero-order valence-electron chi connectivity index (χ0n) is 14.3. The first kappa shape index (κ1) is 17.1. The van der Waals surface area contributed by atoms with E-state index in [9.17, 15) is 4.79 Å². The Morgan fingerprint density at radius 2 is 1.64 bits per heavy atom. The van der Waals surface area contributed by atoms with Crippen LogP contribution in [0.15, 0.2) is 71.8 Å². The molecule has 1 aromatic heterocycles. The Morgan fingerprint density at radius 1 is 0.960 bits per heavy atom. The number of thiophene rings is 1. The molecule has 1 N–H and O–H groups in total. The Labute approximate surface area is 152 Å². The number of rotatable bonds is 5. The molecule has 0 saturated heterocycles. The molecule has 126 valence electrons. The highest BCUT2D eigenvalue weighted by Gasteiger charge is 2.07. The molecule has 0 aliphatic heterocycles. The molecule has 4 heteroatoms. The summed E-state index contributed by atoms with van der Waals surface area (Å²) < 4.78 is 0. The van der Waals surface area contributed by atoms with E-state index in [4.69, 9.17) is 0 Å². The van der Waals surface area contributed by atoms with Crippen molar-refractivity contribution >= 4 is 23.0 Å². The zero-order chi connectivity index (χ0) is 17.6. The summed E-state index contributed by atoms with van der Waals surface area (Å²) in [7, 11) is 0. The van der Waals surface area contributed by atoms with Gasteiger partial charge in [0.25, 0.3) is 5.91 Å². The molecule has 0 fully saturated rings. The van der Waals surface area contributed by atoms with Crippen molar-refractivity contribution in [2.45, 2.75) is 20.3 Å². The quantitative estimate of drug-likeness (QED) is 0.504. The van der Waals surface area contributed by atoms with Crippen LogP contribution in [0, 0.1) is 0 Å². The minimum absolute atomic E-state index is 0.203. The summed E-state index contributed by atoms with van der Waals surface area (Å²) in [6, 6.07) is 21.8. The molecule has 0 radical (unpaired) electrons. The van der Waals surface area contributed by atoms with Crippen LogP contribution in [0.25, 0.3) is 11.1 Å². The Bertz CT molecular complexity index is 880. The molecule has 25 heavy (non-hydrogen) atoms. The van der Waals surface area contributed by atoms with Crippen LogP contribution >= 0.6 is 11.3 Å². The van der Waals surface area contributed by atoms with Crippen LogP contribution in [-0.2, 0) is 6.42 Å². The van der Waals surface area contributed by atoms with Gasteiger partial charge < -0.3 is 0 Å². The van der Waals surface area contributed by atoms with Gasteiger partial charge in [0.2, 0.25) is 0 Å². The lowest BCUT2D eigenvalue weighted by Gasteiger charge is -2.04. The minimum atomic E-state index is -0.203. The molecule has 0 saturated carbocycles. The van der Waals surface area contributed by atoms with E-state index in [1.54, 1.807) is 11.3 Å². The third kappa shape index (κ3) is 4.22. The van der Waals surface area contributed by atoms with Gasteiger partial charge in [-0.1, -0.05) is 49.4 Å². The summed E-state index contributed by atoms with van der Waals surface area (Å²) in [6.45, 7) is 4.03. The monoisotopic (exact) mass is 348 g/mol. The van der Waals surface area contributed by atoms with Crippen LogP contribution in [-0.4, -0.2) is 11.6 Å². The standard InChI is InChI=1S/C21H20N2OS/c1-3-19-13-14-20(25-19)15(2)22-23-21(24)18-11-9-17(10-12-18)16-7-5-4-6-8-16/h4-14H,3H2,1-2H3,(H,23,24)/b22-15+. The van der Waals surface area contributed by atoms with E-state index in [-0.39, 0.29) is 5.91 Å². The van der Waals surface area contributed by atoms with E-state index in [1.165, 1.54) is 4.88 Å². The molecule has 1 heterocycles. The highest BCUT2D eigenvalue weighted by atomic mass is 32.1. The highest BCUT2D eigenvalue weighted by Crippen LogP contribution is 2.19. The molecule has 3 nitrogen and oxygen atoms in total. The van der Waals surface area contributed by atoms with Gasteiger partial charge in [0, 0.05) is 10.4 Å². The van der Waals surface area contributed by atoms with E-state index in [0.717, 1.165) is 28.1 Å². The first-order valence-electron chi connectivity index (χ1n) is 8.26. The van der Waals surface area contributed by atoms with Crippen molar-refractivity contribution in [2.24, 2.45) is 5.10 Å². The van der Waals surface area contributed by atoms with Crippen LogP contribution in [0.4, 0.5) is 0 Å². The Hall–Kier alpha value is -2.72. The first-order chi connectivity index (χ1) is 12.2. The highest BCUT2D eigenvalue weighted by molar-refractivity contribution is 7.14.